The summed E-state index contributed by atoms with van der Waals surface area (Å²) in [5.41, 5.74) is 6.95. The second-order valence-corrected chi connectivity index (χ2v) is 3.99. The van der Waals surface area contributed by atoms with Crippen LogP contribution in [-0.2, 0) is 0 Å². The lowest BCUT2D eigenvalue weighted by Crippen LogP contribution is -2.29. The van der Waals surface area contributed by atoms with Crippen molar-refractivity contribution in [1.29, 1.82) is 0 Å². The normalized spacial score (nSPS) is 14.9. The van der Waals surface area contributed by atoms with Crippen LogP contribution < -0.4 is 15.4 Å². The fourth-order valence-corrected chi connectivity index (χ4v) is 2.05. The second kappa shape index (κ2) is 3.41. The first-order valence-corrected chi connectivity index (χ1v) is 4.98. The number of hydrogen-bond acceptors (Lipinski definition) is 3. The monoisotopic (exact) mass is 232 g/mol. The van der Waals surface area contributed by atoms with Crippen LogP contribution in [0.3, 0.4) is 0 Å². The van der Waals surface area contributed by atoms with Crippen molar-refractivity contribution >= 4 is 34.6 Å². The summed E-state index contributed by atoms with van der Waals surface area (Å²) in [6, 6.07) is 1.70. The van der Waals surface area contributed by atoms with E-state index in [4.69, 9.17) is 33.7 Å². The van der Waals surface area contributed by atoms with Crippen molar-refractivity contribution in [1.82, 2.24) is 0 Å². The van der Waals surface area contributed by atoms with Gasteiger partial charge in [0.2, 0.25) is 0 Å². The molecule has 5 heteroatoms. The van der Waals surface area contributed by atoms with Gasteiger partial charge in [0.25, 0.3) is 0 Å². The van der Waals surface area contributed by atoms with E-state index >= 15 is 0 Å². The zero-order valence-corrected chi connectivity index (χ0v) is 9.19. The van der Waals surface area contributed by atoms with Crippen molar-refractivity contribution in [2.45, 2.75) is 0 Å². The van der Waals surface area contributed by atoms with Gasteiger partial charge < -0.3 is 15.4 Å². The van der Waals surface area contributed by atoms with E-state index in [-0.39, 0.29) is 0 Å². The molecule has 0 unspecified atom stereocenters. The minimum Gasteiger partial charge on any atom is -0.489 e. The highest BCUT2D eigenvalue weighted by Gasteiger charge is 2.21. The lowest BCUT2D eigenvalue weighted by atomic mass is 10.2. The maximum absolute atomic E-state index is 6.08. The number of nitrogens with two attached hydrogens (primary N) is 1. The molecule has 0 fully saturated rings. The van der Waals surface area contributed by atoms with Gasteiger partial charge in [0.1, 0.15) is 18.0 Å². The fraction of sp³-hybridized carbons (Fsp3) is 0.333. The van der Waals surface area contributed by atoms with Gasteiger partial charge in [-0.1, -0.05) is 23.2 Å². The Morgan fingerprint density at radius 3 is 2.93 bits per heavy atom. The molecule has 0 saturated heterocycles. The summed E-state index contributed by atoms with van der Waals surface area (Å²) in [7, 11) is 1.95. The molecule has 0 atom stereocenters. The summed E-state index contributed by atoms with van der Waals surface area (Å²) in [6.45, 7) is 1.44. The number of rotatable bonds is 0. The van der Waals surface area contributed by atoms with Crippen molar-refractivity contribution < 1.29 is 4.74 Å². The largest absolute Gasteiger partial charge is 0.489 e. The maximum Gasteiger partial charge on any atom is 0.145 e. The van der Waals surface area contributed by atoms with E-state index in [2.05, 4.69) is 0 Å². The Bertz CT molecular complexity index is 382. The number of fused-ring (bicyclic) bond motifs is 1. The number of hydrogen-bond donors (Lipinski definition) is 1. The smallest absolute Gasteiger partial charge is 0.145 e. The van der Waals surface area contributed by atoms with E-state index < -0.39 is 0 Å². The zero-order chi connectivity index (χ0) is 10.3. The van der Waals surface area contributed by atoms with Crippen LogP contribution in [0.4, 0.5) is 11.4 Å². The van der Waals surface area contributed by atoms with Gasteiger partial charge in [-0.3, -0.25) is 0 Å². The van der Waals surface area contributed by atoms with Crippen molar-refractivity contribution in [2.75, 3.05) is 30.8 Å². The number of nitrogens with zero attached hydrogens (tertiary/aromatic N) is 1. The summed E-state index contributed by atoms with van der Waals surface area (Å²) < 4.78 is 5.44. The molecule has 1 heterocycles. The molecular weight excluding hydrogens is 223 g/mol. The van der Waals surface area contributed by atoms with Crippen molar-refractivity contribution in [2.24, 2.45) is 0 Å². The summed E-state index contributed by atoms with van der Waals surface area (Å²) in [6.07, 6.45) is 0. The molecule has 0 amide bonds. The molecule has 1 aromatic carbocycles. The van der Waals surface area contributed by atoms with Crippen LogP contribution >= 0.6 is 23.2 Å². The minimum atomic E-state index is 0.407. The van der Waals surface area contributed by atoms with E-state index in [1.807, 2.05) is 11.9 Å². The lowest BCUT2D eigenvalue weighted by molar-refractivity contribution is 0.311. The molecule has 14 heavy (non-hydrogen) atoms. The predicted molar refractivity (Wildman–Crippen MR) is 59.6 cm³/mol. The highest BCUT2D eigenvalue weighted by Crippen LogP contribution is 2.44. The van der Waals surface area contributed by atoms with Crippen LogP contribution in [0, 0.1) is 0 Å². The van der Waals surface area contributed by atoms with Crippen molar-refractivity contribution in [3.63, 3.8) is 0 Å². The topological polar surface area (TPSA) is 38.5 Å². The van der Waals surface area contributed by atoms with E-state index in [9.17, 15) is 0 Å². The summed E-state index contributed by atoms with van der Waals surface area (Å²) >= 11 is 12.0. The van der Waals surface area contributed by atoms with Crippen LogP contribution in [0.25, 0.3) is 0 Å². The Labute approximate surface area is 92.3 Å². The third-order valence-corrected chi connectivity index (χ3v) is 2.95. The van der Waals surface area contributed by atoms with Crippen LogP contribution in [0.15, 0.2) is 6.07 Å². The molecule has 2 rings (SSSR count). The number of ether oxygens (including phenoxy) is 1. The van der Waals surface area contributed by atoms with Crippen molar-refractivity contribution in [3.8, 4) is 5.75 Å². The van der Waals surface area contributed by atoms with Gasteiger partial charge in [-0.05, 0) is 0 Å². The highest BCUT2D eigenvalue weighted by atomic mass is 35.5. The first-order chi connectivity index (χ1) is 6.61. The summed E-state index contributed by atoms with van der Waals surface area (Å²) in [4.78, 5) is 2.01. The minimum absolute atomic E-state index is 0.407. The molecule has 1 aromatic rings. The van der Waals surface area contributed by atoms with Crippen LogP contribution in [0.5, 0.6) is 5.75 Å². The van der Waals surface area contributed by atoms with Gasteiger partial charge in [0.05, 0.1) is 22.3 Å². The molecule has 0 radical (unpaired) electrons. The summed E-state index contributed by atoms with van der Waals surface area (Å²) in [5, 5.41) is 0.902. The Kier molecular flexibility index (Phi) is 2.37. The van der Waals surface area contributed by atoms with Gasteiger partial charge in [-0.25, -0.2) is 0 Å². The van der Waals surface area contributed by atoms with Crippen molar-refractivity contribution in [3.05, 3.63) is 16.1 Å². The van der Waals surface area contributed by atoms with E-state index in [0.717, 1.165) is 12.2 Å². The Balaban J connectivity index is 2.64. The Morgan fingerprint density at radius 1 is 1.50 bits per heavy atom. The number of anilines is 2. The van der Waals surface area contributed by atoms with E-state index in [1.54, 1.807) is 6.07 Å². The molecule has 1 aliphatic rings. The summed E-state index contributed by atoms with van der Waals surface area (Å²) in [5.74, 6) is 0.697. The molecule has 3 nitrogen and oxygen atoms in total. The molecule has 1 aliphatic heterocycles. The highest BCUT2D eigenvalue weighted by molar-refractivity contribution is 6.41. The third kappa shape index (κ3) is 1.37. The van der Waals surface area contributed by atoms with E-state index in [1.165, 1.54) is 0 Å². The number of halogens is 2. The van der Waals surface area contributed by atoms with Gasteiger partial charge in [-0.2, -0.15) is 0 Å². The Hall–Kier alpha value is -0.800. The average Bonchev–Trinajstić information content (AvgIpc) is 2.14. The molecule has 76 valence electrons. The number of benzene rings is 1. The standard InChI is InChI=1S/C9H10Cl2N2O/c1-13-2-3-14-6-4-5(10)8(12)7(11)9(6)13/h4H,2-3,12H2,1H3. The average molecular weight is 233 g/mol. The molecule has 0 bridgehead atoms. The van der Waals surface area contributed by atoms with Crippen LogP contribution in [0.2, 0.25) is 10.0 Å². The molecule has 0 aromatic heterocycles. The second-order valence-electron chi connectivity index (χ2n) is 3.20. The molecule has 0 saturated carbocycles. The first kappa shape index (κ1) is 9.74. The third-order valence-electron chi connectivity index (χ3n) is 2.26. The fourth-order valence-electron chi connectivity index (χ4n) is 1.47. The molecule has 0 spiro atoms. The van der Waals surface area contributed by atoms with Gasteiger partial charge in [0.15, 0.2) is 0 Å². The van der Waals surface area contributed by atoms with Crippen LogP contribution in [-0.4, -0.2) is 20.2 Å². The Morgan fingerprint density at radius 2 is 2.21 bits per heavy atom. The predicted octanol–water partition coefficient (Wildman–Crippen LogP) is 2.40. The van der Waals surface area contributed by atoms with Gasteiger partial charge in [-0.15, -0.1) is 0 Å². The lowest BCUT2D eigenvalue weighted by Gasteiger charge is -2.29. The quantitative estimate of drug-likeness (QED) is 0.699. The number of likely N-dealkylation sites (N-methyl/N-ethyl adjacent to an activating group) is 1. The SMILES string of the molecule is CN1CCOc2cc(Cl)c(N)c(Cl)c21. The van der Waals surface area contributed by atoms with Crippen LogP contribution in [0.1, 0.15) is 0 Å². The van der Waals surface area contributed by atoms with Gasteiger partial charge >= 0.3 is 0 Å². The molecule has 2 N–H and O–H groups in total. The van der Waals surface area contributed by atoms with E-state index in [0.29, 0.717) is 28.1 Å². The first-order valence-electron chi connectivity index (χ1n) is 4.22. The number of nitrogen functional groups attached to an aromatic ring is 1. The molecular formula is C9H10Cl2N2O. The zero-order valence-electron chi connectivity index (χ0n) is 7.68. The maximum atomic E-state index is 6.08. The molecule has 0 aliphatic carbocycles. The van der Waals surface area contributed by atoms with Gasteiger partial charge in [0, 0.05) is 13.1 Å².